The Labute approximate surface area is 94.7 Å². The molecule has 0 fully saturated rings. The number of fused-ring (bicyclic) bond motifs is 3. The molecule has 0 radical (unpaired) electrons. The lowest BCUT2D eigenvalue weighted by Crippen LogP contribution is -1.90. The van der Waals surface area contributed by atoms with Gasteiger partial charge in [0.05, 0.1) is 16.7 Å². The van der Waals surface area contributed by atoms with Gasteiger partial charge in [0.25, 0.3) is 0 Å². The van der Waals surface area contributed by atoms with Gasteiger partial charge in [-0.3, -0.25) is 4.40 Å². The van der Waals surface area contributed by atoms with E-state index in [1.165, 1.54) is 0 Å². The molecule has 0 spiro atoms. The highest BCUT2D eigenvalue weighted by molar-refractivity contribution is 9.10. The molecule has 3 nitrogen and oxygen atoms in total. The predicted molar refractivity (Wildman–Crippen MR) is 64.8 cm³/mol. The molecule has 2 N–H and O–H groups in total. The van der Waals surface area contributed by atoms with E-state index in [9.17, 15) is 0 Å². The zero-order valence-corrected chi connectivity index (χ0v) is 9.40. The number of anilines is 1. The van der Waals surface area contributed by atoms with Crippen LogP contribution in [0.25, 0.3) is 16.7 Å². The van der Waals surface area contributed by atoms with Crippen molar-refractivity contribution in [3.05, 3.63) is 41.0 Å². The highest BCUT2D eigenvalue weighted by Crippen LogP contribution is 2.23. The van der Waals surface area contributed by atoms with Crippen LogP contribution >= 0.6 is 15.9 Å². The highest BCUT2D eigenvalue weighted by Gasteiger charge is 2.06. The standard InChI is InChI=1S/C11H8BrN3/c12-7-4-5-10-14-9-3-1-2-8(13)11(9)15(10)6-7/h1-6H,13H2. The molecule has 0 bridgehead atoms. The minimum Gasteiger partial charge on any atom is -0.397 e. The number of halogens is 1. The van der Waals surface area contributed by atoms with E-state index < -0.39 is 0 Å². The van der Waals surface area contributed by atoms with E-state index in [-0.39, 0.29) is 0 Å². The van der Waals surface area contributed by atoms with Crippen LogP contribution in [0, 0.1) is 0 Å². The second-order valence-corrected chi connectivity index (χ2v) is 4.32. The molecule has 0 atom stereocenters. The van der Waals surface area contributed by atoms with E-state index in [4.69, 9.17) is 5.73 Å². The van der Waals surface area contributed by atoms with Gasteiger partial charge in [0.15, 0.2) is 0 Å². The lowest BCUT2D eigenvalue weighted by Gasteiger charge is -1.98. The van der Waals surface area contributed by atoms with E-state index in [0.717, 1.165) is 26.8 Å². The Morgan fingerprint density at radius 1 is 1.20 bits per heavy atom. The first-order chi connectivity index (χ1) is 7.25. The summed E-state index contributed by atoms with van der Waals surface area (Å²) in [7, 11) is 0. The highest BCUT2D eigenvalue weighted by atomic mass is 79.9. The Morgan fingerprint density at radius 3 is 2.93 bits per heavy atom. The van der Waals surface area contributed by atoms with Gasteiger partial charge in [0, 0.05) is 10.7 Å². The normalized spacial score (nSPS) is 11.3. The number of hydrogen-bond donors (Lipinski definition) is 1. The van der Waals surface area contributed by atoms with Crippen molar-refractivity contribution in [3.8, 4) is 0 Å². The monoisotopic (exact) mass is 261 g/mol. The molecule has 0 aliphatic heterocycles. The van der Waals surface area contributed by atoms with Crippen LogP contribution < -0.4 is 5.73 Å². The van der Waals surface area contributed by atoms with Crippen molar-refractivity contribution in [3.63, 3.8) is 0 Å². The first-order valence-corrected chi connectivity index (χ1v) is 5.37. The summed E-state index contributed by atoms with van der Waals surface area (Å²) in [5.41, 5.74) is 9.49. The van der Waals surface area contributed by atoms with Crippen molar-refractivity contribution >= 4 is 38.3 Å². The first kappa shape index (κ1) is 8.73. The number of imidazole rings is 1. The van der Waals surface area contributed by atoms with Gasteiger partial charge in [0.2, 0.25) is 0 Å². The van der Waals surface area contributed by atoms with Crippen LogP contribution in [0.3, 0.4) is 0 Å². The maximum atomic E-state index is 5.94. The lowest BCUT2D eigenvalue weighted by molar-refractivity contribution is 1.21. The maximum absolute atomic E-state index is 5.94. The van der Waals surface area contributed by atoms with Crippen LogP contribution in [0.15, 0.2) is 41.0 Å². The van der Waals surface area contributed by atoms with E-state index in [1.54, 1.807) is 0 Å². The quantitative estimate of drug-likeness (QED) is 0.633. The lowest BCUT2D eigenvalue weighted by atomic mass is 10.3. The van der Waals surface area contributed by atoms with E-state index >= 15 is 0 Å². The van der Waals surface area contributed by atoms with Crippen molar-refractivity contribution in [1.82, 2.24) is 9.38 Å². The number of rotatable bonds is 0. The molecule has 4 heteroatoms. The Bertz CT molecular complexity index is 657. The van der Waals surface area contributed by atoms with Gasteiger partial charge in [-0.1, -0.05) is 6.07 Å². The van der Waals surface area contributed by atoms with Crippen molar-refractivity contribution in [2.75, 3.05) is 5.73 Å². The molecular weight excluding hydrogens is 254 g/mol. The molecule has 0 aliphatic carbocycles. The van der Waals surface area contributed by atoms with Crippen LogP contribution in [-0.4, -0.2) is 9.38 Å². The summed E-state index contributed by atoms with van der Waals surface area (Å²) in [5.74, 6) is 0. The number of para-hydroxylation sites is 1. The zero-order valence-electron chi connectivity index (χ0n) is 7.81. The average Bonchev–Trinajstić information content (AvgIpc) is 2.57. The van der Waals surface area contributed by atoms with Crippen molar-refractivity contribution in [2.45, 2.75) is 0 Å². The number of pyridine rings is 1. The topological polar surface area (TPSA) is 43.3 Å². The fourth-order valence-corrected chi connectivity index (χ4v) is 2.10. The minimum absolute atomic E-state index is 0.748. The van der Waals surface area contributed by atoms with Gasteiger partial charge in [-0.05, 0) is 40.2 Å². The molecule has 0 unspecified atom stereocenters. The maximum Gasteiger partial charge on any atom is 0.138 e. The van der Waals surface area contributed by atoms with Crippen LogP contribution in [0.2, 0.25) is 0 Å². The number of aromatic nitrogens is 2. The molecule has 0 aliphatic rings. The third kappa shape index (κ3) is 1.22. The average molecular weight is 262 g/mol. The van der Waals surface area contributed by atoms with Gasteiger partial charge in [-0.2, -0.15) is 0 Å². The molecule has 1 aromatic carbocycles. The van der Waals surface area contributed by atoms with E-state index in [2.05, 4.69) is 20.9 Å². The predicted octanol–water partition coefficient (Wildman–Crippen LogP) is 2.83. The number of hydrogen-bond acceptors (Lipinski definition) is 2. The van der Waals surface area contributed by atoms with Crippen LogP contribution in [0.1, 0.15) is 0 Å². The summed E-state index contributed by atoms with van der Waals surface area (Å²) in [6.07, 6.45) is 1.97. The Balaban J connectivity index is 2.61. The fraction of sp³-hybridized carbons (Fsp3) is 0. The summed E-state index contributed by atoms with van der Waals surface area (Å²) in [4.78, 5) is 4.48. The summed E-state index contributed by atoms with van der Waals surface area (Å²) in [6, 6.07) is 9.70. The molecule has 3 rings (SSSR count). The number of benzene rings is 1. The largest absolute Gasteiger partial charge is 0.397 e. The fourth-order valence-electron chi connectivity index (χ4n) is 1.76. The van der Waals surface area contributed by atoms with Crippen LogP contribution in [-0.2, 0) is 0 Å². The molecule has 15 heavy (non-hydrogen) atoms. The zero-order chi connectivity index (χ0) is 10.4. The number of nitrogens with two attached hydrogens (primary N) is 1. The smallest absolute Gasteiger partial charge is 0.138 e. The van der Waals surface area contributed by atoms with E-state index in [1.807, 2.05) is 40.9 Å². The molecule has 74 valence electrons. The van der Waals surface area contributed by atoms with Crippen LogP contribution in [0.4, 0.5) is 5.69 Å². The van der Waals surface area contributed by atoms with Crippen LogP contribution in [0.5, 0.6) is 0 Å². The Hall–Kier alpha value is -1.55. The molecular formula is C11H8BrN3. The Kier molecular flexibility index (Phi) is 1.73. The van der Waals surface area contributed by atoms with Crippen molar-refractivity contribution in [2.24, 2.45) is 0 Å². The SMILES string of the molecule is Nc1cccc2nc3ccc(Br)cn3c12. The molecule has 2 aromatic heterocycles. The van der Waals surface area contributed by atoms with Crippen molar-refractivity contribution < 1.29 is 0 Å². The molecule has 2 heterocycles. The van der Waals surface area contributed by atoms with Gasteiger partial charge in [-0.25, -0.2) is 4.98 Å². The second-order valence-electron chi connectivity index (χ2n) is 3.40. The summed E-state index contributed by atoms with van der Waals surface area (Å²) >= 11 is 3.44. The van der Waals surface area contributed by atoms with Gasteiger partial charge in [0.1, 0.15) is 5.65 Å². The molecule has 0 saturated heterocycles. The molecule has 0 saturated carbocycles. The summed E-state index contributed by atoms with van der Waals surface area (Å²) in [6.45, 7) is 0. The third-order valence-corrected chi connectivity index (χ3v) is 2.88. The van der Waals surface area contributed by atoms with Crippen molar-refractivity contribution in [1.29, 1.82) is 0 Å². The number of nitrogen functional groups attached to an aromatic ring is 1. The summed E-state index contributed by atoms with van der Waals surface area (Å²) < 4.78 is 3.01. The first-order valence-electron chi connectivity index (χ1n) is 4.57. The second kappa shape index (κ2) is 2.97. The van der Waals surface area contributed by atoms with Gasteiger partial charge < -0.3 is 5.73 Å². The summed E-state index contributed by atoms with van der Waals surface area (Å²) in [5, 5.41) is 0. The van der Waals surface area contributed by atoms with E-state index in [0.29, 0.717) is 0 Å². The molecule has 0 amide bonds. The molecule has 3 aromatic rings. The minimum atomic E-state index is 0.748. The third-order valence-electron chi connectivity index (χ3n) is 2.41. The van der Waals surface area contributed by atoms with Gasteiger partial charge in [-0.15, -0.1) is 0 Å². The Morgan fingerprint density at radius 2 is 2.07 bits per heavy atom. The van der Waals surface area contributed by atoms with Gasteiger partial charge >= 0.3 is 0 Å². The number of nitrogens with zero attached hydrogens (tertiary/aromatic N) is 2.